The molecule has 0 bridgehead atoms. The molecule has 34 heavy (non-hydrogen) atoms. The average Bonchev–Trinajstić information content (AvgIpc) is 3.50. The second-order valence-corrected chi connectivity index (χ2v) is 9.29. The quantitative estimate of drug-likeness (QED) is 0.163. The van der Waals surface area contributed by atoms with E-state index in [1.165, 1.54) is 28.6 Å². The van der Waals surface area contributed by atoms with E-state index in [0.29, 0.717) is 26.8 Å². The van der Waals surface area contributed by atoms with E-state index in [4.69, 9.17) is 4.74 Å². The number of nitro groups is 1. The minimum Gasteiger partial charge on any atom is -0.497 e. The van der Waals surface area contributed by atoms with Crippen LogP contribution in [0.2, 0.25) is 0 Å². The summed E-state index contributed by atoms with van der Waals surface area (Å²) in [5, 5.41) is 19.0. The molecule has 1 amide bonds. The fraction of sp³-hybridized carbons (Fsp3) is 0.0417. The zero-order chi connectivity index (χ0) is 23.7. The maximum Gasteiger partial charge on any atom is 0.324 e. The number of carbonyl (C=O) groups excluding carboxylic acids is 1. The SMILES string of the molecule is COc1ccc2nc(N(/N=C/c3ccc([N+](=O)[O-])s3)C(=O)c3ccc4ccccc4c3)sc2c1. The van der Waals surface area contributed by atoms with E-state index < -0.39 is 4.92 Å². The van der Waals surface area contributed by atoms with Crippen LogP contribution in [0.15, 0.2) is 77.9 Å². The Bertz CT molecular complexity index is 1570. The molecule has 8 nitrogen and oxygen atoms in total. The Kier molecular flexibility index (Phi) is 5.74. The van der Waals surface area contributed by atoms with Gasteiger partial charge in [-0.1, -0.05) is 53.0 Å². The third kappa shape index (κ3) is 4.24. The fourth-order valence-electron chi connectivity index (χ4n) is 3.37. The molecule has 5 aromatic rings. The van der Waals surface area contributed by atoms with Gasteiger partial charge in [-0.2, -0.15) is 10.1 Å². The number of nitrogens with zero attached hydrogens (tertiary/aromatic N) is 4. The zero-order valence-electron chi connectivity index (χ0n) is 17.7. The van der Waals surface area contributed by atoms with Crippen molar-refractivity contribution >= 4 is 65.9 Å². The summed E-state index contributed by atoms with van der Waals surface area (Å²) in [6, 6.07) is 21.7. The van der Waals surface area contributed by atoms with Gasteiger partial charge < -0.3 is 4.74 Å². The lowest BCUT2D eigenvalue weighted by Gasteiger charge is -2.14. The standard InChI is InChI=1S/C24H16N4O4S2/c1-32-18-8-10-20-21(13-18)34-24(26-20)27(25-14-19-9-11-22(33-19)28(30)31)23(29)17-7-6-15-4-2-3-5-16(15)12-17/h2-14H,1H3/b25-14+. The second kappa shape index (κ2) is 9.00. The largest absolute Gasteiger partial charge is 0.497 e. The first-order chi connectivity index (χ1) is 16.5. The van der Waals surface area contributed by atoms with E-state index in [9.17, 15) is 14.9 Å². The van der Waals surface area contributed by atoms with Crippen LogP contribution in [0.3, 0.4) is 0 Å². The molecule has 2 heterocycles. The first kappa shape index (κ1) is 21.7. The lowest BCUT2D eigenvalue weighted by atomic mass is 10.1. The van der Waals surface area contributed by atoms with Gasteiger partial charge in [-0.15, -0.1) is 0 Å². The van der Waals surface area contributed by atoms with Crippen LogP contribution >= 0.6 is 22.7 Å². The third-order valence-electron chi connectivity index (χ3n) is 5.05. The van der Waals surface area contributed by atoms with Crippen molar-refractivity contribution in [2.45, 2.75) is 0 Å². The van der Waals surface area contributed by atoms with Gasteiger partial charge in [0.1, 0.15) is 5.75 Å². The summed E-state index contributed by atoms with van der Waals surface area (Å²) in [4.78, 5) is 29.3. The first-order valence-corrected chi connectivity index (χ1v) is 11.7. The molecule has 5 rings (SSSR count). The van der Waals surface area contributed by atoms with Crippen molar-refractivity contribution < 1.29 is 14.5 Å². The molecule has 0 aliphatic carbocycles. The van der Waals surface area contributed by atoms with Crippen LogP contribution in [0.25, 0.3) is 21.0 Å². The highest BCUT2D eigenvalue weighted by atomic mass is 32.1. The number of hydrogen-bond acceptors (Lipinski definition) is 8. The van der Waals surface area contributed by atoms with E-state index in [0.717, 1.165) is 26.8 Å². The molecule has 0 saturated heterocycles. The number of thiazole rings is 1. The van der Waals surface area contributed by atoms with Crippen LogP contribution < -0.4 is 9.75 Å². The highest BCUT2D eigenvalue weighted by Crippen LogP contribution is 2.33. The lowest BCUT2D eigenvalue weighted by molar-refractivity contribution is -0.380. The first-order valence-electron chi connectivity index (χ1n) is 10.1. The van der Waals surface area contributed by atoms with Crippen LogP contribution in [0.4, 0.5) is 10.1 Å². The van der Waals surface area contributed by atoms with E-state index in [2.05, 4.69) is 10.1 Å². The van der Waals surface area contributed by atoms with E-state index in [-0.39, 0.29) is 10.9 Å². The molecule has 0 unspecified atom stereocenters. The Hall–Kier alpha value is -4.15. The van der Waals surface area contributed by atoms with Gasteiger partial charge in [0.2, 0.25) is 5.13 Å². The Labute approximate surface area is 201 Å². The van der Waals surface area contributed by atoms with Crippen LogP contribution in [-0.4, -0.2) is 29.1 Å². The number of thiophene rings is 1. The van der Waals surface area contributed by atoms with Crippen LogP contribution in [0.5, 0.6) is 5.75 Å². The molecule has 10 heteroatoms. The maximum absolute atomic E-state index is 13.6. The third-order valence-corrected chi connectivity index (χ3v) is 7.01. The normalized spacial score (nSPS) is 11.3. The summed E-state index contributed by atoms with van der Waals surface area (Å²) in [6.07, 6.45) is 1.43. The number of hydrazone groups is 1. The van der Waals surface area contributed by atoms with Gasteiger partial charge in [-0.3, -0.25) is 14.9 Å². The van der Waals surface area contributed by atoms with Crippen molar-refractivity contribution in [1.29, 1.82) is 0 Å². The van der Waals surface area contributed by atoms with Crippen LogP contribution in [0.1, 0.15) is 15.2 Å². The van der Waals surface area contributed by atoms with Crippen molar-refractivity contribution in [3.05, 3.63) is 93.4 Å². The molecule has 0 aliphatic rings. The van der Waals surface area contributed by atoms with E-state index in [1.807, 2.05) is 48.5 Å². The van der Waals surface area contributed by atoms with Crippen LogP contribution in [-0.2, 0) is 0 Å². The number of hydrogen-bond donors (Lipinski definition) is 0. The Morgan fingerprint density at radius 2 is 1.88 bits per heavy atom. The summed E-state index contributed by atoms with van der Waals surface area (Å²) in [7, 11) is 1.59. The molecule has 0 saturated carbocycles. The minimum atomic E-state index is -0.457. The van der Waals surface area contributed by atoms with Gasteiger partial charge in [-0.25, -0.2) is 4.98 Å². The van der Waals surface area contributed by atoms with Crippen LogP contribution in [0, 0.1) is 10.1 Å². The van der Waals surface area contributed by atoms with Crippen molar-refractivity contribution in [2.75, 3.05) is 12.1 Å². The number of carbonyl (C=O) groups is 1. The minimum absolute atomic E-state index is 0.000868. The van der Waals surface area contributed by atoms with Crippen molar-refractivity contribution in [3.63, 3.8) is 0 Å². The number of benzene rings is 3. The molecule has 0 N–H and O–H groups in total. The molecule has 0 spiro atoms. The average molecular weight is 489 g/mol. The molecule has 0 aliphatic heterocycles. The smallest absolute Gasteiger partial charge is 0.324 e. The van der Waals surface area contributed by atoms with Crippen molar-refractivity contribution in [3.8, 4) is 5.75 Å². The Morgan fingerprint density at radius 3 is 2.65 bits per heavy atom. The monoisotopic (exact) mass is 488 g/mol. The van der Waals surface area contributed by atoms with Gasteiger partial charge in [0.05, 0.1) is 33.3 Å². The predicted octanol–water partition coefficient (Wildman–Crippen LogP) is 6.11. The number of ether oxygens (including phenoxy) is 1. The number of anilines is 1. The molecule has 3 aromatic carbocycles. The second-order valence-electron chi connectivity index (χ2n) is 7.19. The predicted molar refractivity (Wildman–Crippen MR) is 135 cm³/mol. The molecule has 0 atom stereocenters. The molecular weight excluding hydrogens is 472 g/mol. The molecule has 168 valence electrons. The van der Waals surface area contributed by atoms with Gasteiger partial charge in [0.15, 0.2) is 0 Å². The van der Waals surface area contributed by atoms with Crippen molar-refractivity contribution in [1.82, 2.24) is 4.98 Å². The highest BCUT2D eigenvalue weighted by Gasteiger charge is 2.22. The lowest BCUT2D eigenvalue weighted by Crippen LogP contribution is -2.25. The summed E-state index contributed by atoms with van der Waals surface area (Å²) >= 11 is 2.28. The topological polar surface area (TPSA) is 97.9 Å². The maximum atomic E-state index is 13.6. The van der Waals surface area contributed by atoms with Crippen molar-refractivity contribution in [2.24, 2.45) is 5.10 Å². The zero-order valence-corrected chi connectivity index (χ0v) is 19.4. The van der Waals surface area contributed by atoms with E-state index >= 15 is 0 Å². The summed E-state index contributed by atoms with van der Waals surface area (Å²) in [6.45, 7) is 0. The fourth-order valence-corrected chi connectivity index (χ4v) is 5.01. The molecule has 2 aromatic heterocycles. The molecule has 0 fully saturated rings. The highest BCUT2D eigenvalue weighted by molar-refractivity contribution is 7.22. The summed E-state index contributed by atoms with van der Waals surface area (Å²) in [5.74, 6) is 0.323. The Morgan fingerprint density at radius 1 is 1.06 bits per heavy atom. The van der Waals surface area contributed by atoms with Gasteiger partial charge in [0.25, 0.3) is 5.91 Å². The molecular formula is C24H16N4O4S2. The number of rotatable bonds is 6. The number of aromatic nitrogens is 1. The Balaban J connectivity index is 1.57. The van der Waals surface area contributed by atoms with E-state index in [1.54, 1.807) is 25.3 Å². The number of fused-ring (bicyclic) bond motifs is 2. The van der Waals surface area contributed by atoms with Gasteiger partial charge >= 0.3 is 5.00 Å². The molecule has 0 radical (unpaired) electrons. The van der Waals surface area contributed by atoms with Gasteiger partial charge in [0, 0.05) is 11.6 Å². The number of methoxy groups -OCH3 is 1. The summed E-state index contributed by atoms with van der Waals surface area (Å²) in [5.41, 5.74) is 1.16. The number of amides is 1. The van der Waals surface area contributed by atoms with Gasteiger partial charge in [-0.05, 0) is 47.2 Å². The summed E-state index contributed by atoms with van der Waals surface area (Å²) < 4.78 is 6.13.